The van der Waals surface area contributed by atoms with Gasteiger partial charge in [0.05, 0.1) is 0 Å². The Morgan fingerprint density at radius 2 is 0.737 bits per heavy atom. The molecule has 0 heterocycles. The van der Waals surface area contributed by atoms with Gasteiger partial charge in [-0.3, -0.25) is 0 Å². The van der Waals surface area contributed by atoms with Gasteiger partial charge < -0.3 is 14.7 Å². The molecule has 6 aromatic rings. The summed E-state index contributed by atoms with van der Waals surface area (Å²) in [5, 5.41) is 27.5. The Labute approximate surface area is 223 Å². The second kappa shape index (κ2) is 9.41. The van der Waals surface area contributed by atoms with Gasteiger partial charge in [-0.05, 0) is 86.5 Å². The Morgan fingerprint density at radius 3 is 1.03 bits per heavy atom. The molecular formula is C34H29BO3. The summed E-state index contributed by atoms with van der Waals surface area (Å²) in [5.74, 6) is 0. The first kappa shape index (κ1) is 24.4. The van der Waals surface area contributed by atoms with Crippen molar-refractivity contribution in [1.29, 1.82) is 0 Å². The van der Waals surface area contributed by atoms with Crippen LogP contribution >= 0.6 is 0 Å². The van der Waals surface area contributed by atoms with Crippen molar-refractivity contribution in [3.05, 3.63) is 143 Å². The third-order valence-electron chi connectivity index (χ3n) is 7.85. The minimum Gasteiger partial charge on any atom is -0.402 e. The minimum atomic E-state index is -2.02. The van der Waals surface area contributed by atoms with Crippen LogP contribution in [0.25, 0.3) is 32.3 Å². The topological polar surface area (TPSA) is 49.7 Å². The fourth-order valence-electron chi connectivity index (χ4n) is 6.05. The van der Waals surface area contributed by atoms with Crippen LogP contribution in [0.4, 0.5) is 0 Å². The molecule has 0 saturated carbocycles. The van der Waals surface area contributed by atoms with E-state index in [1.807, 2.05) is 36.4 Å². The normalized spacial score (nSPS) is 11.9. The molecule has 6 rings (SSSR count). The number of fused-ring (bicyclic) bond motifs is 3. The molecule has 0 saturated heterocycles. The molecule has 4 heteroatoms. The maximum absolute atomic E-state index is 10.6. The molecule has 0 radical (unpaired) electrons. The minimum absolute atomic E-state index is 0.856. The van der Waals surface area contributed by atoms with Crippen molar-refractivity contribution in [2.24, 2.45) is 0 Å². The van der Waals surface area contributed by atoms with Gasteiger partial charge in [0.2, 0.25) is 0 Å². The van der Waals surface area contributed by atoms with E-state index in [0.717, 1.165) is 65.7 Å². The van der Waals surface area contributed by atoms with Gasteiger partial charge in [-0.1, -0.05) is 109 Å². The van der Waals surface area contributed by atoms with Gasteiger partial charge in [-0.15, -0.1) is 0 Å². The van der Waals surface area contributed by atoms with E-state index in [1.54, 1.807) is 0 Å². The van der Waals surface area contributed by atoms with Gasteiger partial charge in [0.1, 0.15) is 5.60 Å². The molecule has 0 aliphatic rings. The van der Waals surface area contributed by atoms with Crippen molar-refractivity contribution in [3.63, 3.8) is 0 Å². The lowest BCUT2D eigenvalue weighted by molar-refractivity contribution is 0.0848. The van der Waals surface area contributed by atoms with Crippen LogP contribution in [-0.2, 0) is 10.3 Å². The average molecular weight is 496 g/mol. The van der Waals surface area contributed by atoms with Gasteiger partial charge in [-0.2, -0.15) is 0 Å². The maximum Gasteiger partial charge on any atom is 0.635 e. The number of hydrogen-bond donors (Lipinski definition) is 2. The van der Waals surface area contributed by atoms with Crippen LogP contribution in [0.3, 0.4) is 0 Å². The summed E-state index contributed by atoms with van der Waals surface area (Å²) >= 11 is 0. The molecule has 0 unspecified atom stereocenters. The molecule has 3 nitrogen and oxygen atoms in total. The Morgan fingerprint density at radius 1 is 0.447 bits per heavy atom. The number of aryl methyl sites for hydroxylation is 3. The van der Waals surface area contributed by atoms with E-state index < -0.39 is 12.9 Å². The van der Waals surface area contributed by atoms with Crippen LogP contribution in [0.15, 0.2) is 109 Å². The predicted molar refractivity (Wildman–Crippen MR) is 157 cm³/mol. The number of hydrogen-bond acceptors (Lipinski definition) is 3. The SMILES string of the molecule is Cc1ccc(C(OB(O)O)(c2ccc(C)c3ccccc23)c2ccc(C)c3ccccc23)c2ccccc12. The standard InChI is InChI=1S/C34H29BO3/c1-22-16-19-31(28-13-7-4-10-25(22)28)34(38-35(36)37,32-20-17-23(2)26-11-5-8-14-29(26)32)33-21-18-24(3)27-12-6-9-15-30(27)33/h4-21,36-37H,1-3H3. The second-order valence-corrected chi connectivity index (χ2v) is 10.1. The van der Waals surface area contributed by atoms with Gasteiger partial charge >= 0.3 is 7.32 Å². The van der Waals surface area contributed by atoms with Crippen LogP contribution in [-0.4, -0.2) is 17.4 Å². The molecule has 2 N–H and O–H groups in total. The van der Waals surface area contributed by atoms with Crippen molar-refractivity contribution in [3.8, 4) is 0 Å². The summed E-state index contributed by atoms with van der Waals surface area (Å²) in [6, 6.07) is 37.2. The Bertz CT molecular complexity index is 1620. The molecule has 0 bridgehead atoms. The van der Waals surface area contributed by atoms with E-state index in [1.165, 1.54) is 0 Å². The fourth-order valence-corrected chi connectivity index (χ4v) is 6.05. The smallest absolute Gasteiger partial charge is 0.402 e. The first-order valence-corrected chi connectivity index (χ1v) is 12.9. The molecular weight excluding hydrogens is 467 g/mol. The van der Waals surface area contributed by atoms with E-state index in [9.17, 15) is 10.0 Å². The van der Waals surface area contributed by atoms with Crippen LogP contribution in [0.5, 0.6) is 0 Å². The van der Waals surface area contributed by atoms with Crippen molar-refractivity contribution in [2.45, 2.75) is 26.4 Å². The van der Waals surface area contributed by atoms with Crippen molar-refractivity contribution in [1.82, 2.24) is 0 Å². The number of rotatable bonds is 5. The molecule has 38 heavy (non-hydrogen) atoms. The lowest BCUT2D eigenvalue weighted by atomic mass is 9.73. The Kier molecular flexibility index (Phi) is 6.04. The predicted octanol–water partition coefficient (Wildman–Crippen LogP) is 7.35. The summed E-state index contributed by atoms with van der Waals surface area (Å²) in [6.45, 7) is 6.29. The number of benzene rings is 6. The quantitative estimate of drug-likeness (QED) is 0.194. The first-order chi connectivity index (χ1) is 18.4. The molecule has 0 fully saturated rings. The zero-order valence-electron chi connectivity index (χ0n) is 21.8. The second-order valence-electron chi connectivity index (χ2n) is 10.1. The van der Waals surface area contributed by atoms with Gasteiger partial charge in [0.15, 0.2) is 0 Å². The Hall–Kier alpha value is -3.96. The van der Waals surface area contributed by atoms with E-state index in [2.05, 4.69) is 93.6 Å². The van der Waals surface area contributed by atoms with Crippen molar-refractivity contribution < 1.29 is 14.7 Å². The van der Waals surface area contributed by atoms with Crippen molar-refractivity contribution >= 4 is 39.6 Å². The van der Waals surface area contributed by atoms with E-state index in [4.69, 9.17) is 4.65 Å². The molecule has 0 aliphatic heterocycles. The monoisotopic (exact) mass is 496 g/mol. The van der Waals surface area contributed by atoms with E-state index >= 15 is 0 Å². The zero-order valence-corrected chi connectivity index (χ0v) is 21.8. The van der Waals surface area contributed by atoms with Crippen LogP contribution in [0, 0.1) is 20.8 Å². The summed E-state index contributed by atoms with van der Waals surface area (Å²) < 4.78 is 6.45. The Balaban J connectivity index is 1.88. The van der Waals surface area contributed by atoms with Gasteiger partial charge in [-0.25, -0.2) is 0 Å². The average Bonchev–Trinajstić information content (AvgIpc) is 2.93. The summed E-state index contributed by atoms with van der Waals surface area (Å²) in [4.78, 5) is 0. The largest absolute Gasteiger partial charge is 0.635 e. The highest BCUT2D eigenvalue weighted by molar-refractivity contribution is 6.33. The van der Waals surface area contributed by atoms with E-state index in [0.29, 0.717) is 0 Å². The zero-order chi connectivity index (χ0) is 26.4. The third kappa shape index (κ3) is 3.73. The molecule has 0 amide bonds. The van der Waals surface area contributed by atoms with Crippen molar-refractivity contribution in [2.75, 3.05) is 0 Å². The summed E-state index contributed by atoms with van der Waals surface area (Å²) in [5.41, 5.74) is 4.67. The fraction of sp³-hybridized carbons (Fsp3) is 0.118. The molecule has 6 aromatic carbocycles. The first-order valence-electron chi connectivity index (χ1n) is 12.9. The molecule has 0 aliphatic carbocycles. The van der Waals surface area contributed by atoms with Crippen LogP contribution in [0.2, 0.25) is 0 Å². The molecule has 186 valence electrons. The van der Waals surface area contributed by atoms with E-state index in [-0.39, 0.29) is 0 Å². The molecule has 0 aromatic heterocycles. The highest BCUT2D eigenvalue weighted by atomic mass is 16.6. The lowest BCUT2D eigenvalue weighted by Crippen LogP contribution is -2.39. The lowest BCUT2D eigenvalue weighted by Gasteiger charge is -2.39. The highest BCUT2D eigenvalue weighted by Gasteiger charge is 2.44. The van der Waals surface area contributed by atoms with Crippen LogP contribution in [0.1, 0.15) is 33.4 Å². The summed E-state index contributed by atoms with van der Waals surface area (Å²) in [7, 11) is -2.02. The van der Waals surface area contributed by atoms with Gasteiger partial charge in [0, 0.05) is 0 Å². The van der Waals surface area contributed by atoms with Gasteiger partial charge in [0.25, 0.3) is 0 Å². The molecule has 0 spiro atoms. The third-order valence-corrected chi connectivity index (χ3v) is 7.85. The van der Waals surface area contributed by atoms with Crippen LogP contribution < -0.4 is 0 Å². The highest BCUT2D eigenvalue weighted by Crippen LogP contribution is 2.49. The molecule has 0 atom stereocenters. The maximum atomic E-state index is 10.6. The summed E-state index contributed by atoms with van der Waals surface area (Å²) in [6.07, 6.45) is 0.